The number of thiazole rings is 1. The number of rotatable bonds is 4. The fraction of sp³-hybridized carbons (Fsp3) is 0.667. The summed E-state index contributed by atoms with van der Waals surface area (Å²) in [6, 6.07) is 0. The number of hydrogen-bond donors (Lipinski definition) is 1. The van der Waals surface area contributed by atoms with Crippen molar-refractivity contribution in [2.45, 2.75) is 32.1 Å². The van der Waals surface area contributed by atoms with Crippen LogP contribution in [0.4, 0.5) is 0 Å². The molecule has 0 atom stereocenters. The Kier molecular flexibility index (Phi) is 4.40. The van der Waals surface area contributed by atoms with Crippen LogP contribution in [-0.4, -0.2) is 23.3 Å². The Morgan fingerprint density at radius 3 is 2.82 bits per heavy atom. The van der Waals surface area contributed by atoms with Gasteiger partial charge in [-0.1, -0.05) is 19.3 Å². The van der Waals surface area contributed by atoms with Crippen LogP contribution < -0.4 is 5.32 Å². The minimum Gasteiger partial charge on any atom is -0.351 e. The molecule has 0 bridgehead atoms. The molecule has 1 heterocycles. The molecule has 17 heavy (non-hydrogen) atoms. The van der Waals surface area contributed by atoms with E-state index in [4.69, 9.17) is 11.6 Å². The lowest BCUT2D eigenvalue weighted by atomic mass is 9.75. The van der Waals surface area contributed by atoms with Gasteiger partial charge in [-0.15, -0.1) is 22.9 Å². The van der Waals surface area contributed by atoms with Gasteiger partial charge in [0, 0.05) is 17.8 Å². The highest BCUT2D eigenvalue weighted by Crippen LogP contribution is 2.36. The van der Waals surface area contributed by atoms with Gasteiger partial charge in [-0.05, 0) is 12.8 Å². The van der Waals surface area contributed by atoms with E-state index in [0.29, 0.717) is 17.3 Å². The Bertz CT molecular complexity index is 361. The number of nitrogens with one attached hydrogen (secondary N) is 1. The van der Waals surface area contributed by atoms with Gasteiger partial charge in [0.1, 0.15) is 4.88 Å². The second kappa shape index (κ2) is 5.83. The molecule has 1 saturated carbocycles. The first-order chi connectivity index (χ1) is 8.26. The van der Waals surface area contributed by atoms with Gasteiger partial charge in [-0.25, -0.2) is 0 Å². The minimum atomic E-state index is -0.0254. The maximum atomic E-state index is 11.8. The van der Waals surface area contributed by atoms with Crippen LogP contribution in [0.25, 0.3) is 0 Å². The molecular weight excluding hydrogens is 256 g/mol. The molecule has 5 heteroatoms. The van der Waals surface area contributed by atoms with Gasteiger partial charge in [0.15, 0.2) is 0 Å². The number of amides is 1. The smallest absolute Gasteiger partial charge is 0.263 e. The molecule has 1 aliphatic carbocycles. The molecule has 1 aliphatic rings. The van der Waals surface area contributed by atoms with Crippen LogP contribution >= 0.6 is 22.9 Å². The highest BCUT2D eigenvalue weighted by Gasteiger charge is 2.31. The molecule has 2 rings (SSSR count). The van der Waals surface area contributed by atoms with Crippen LogP contribution in [0.3, 0.4) is 0 Å². The highest BCUT2D eigenvalue weighted by molar-refractivity contribution is 7.11. The van der Waals surface area contributed by atoms with Crippen molar-refractivity contribution in [1.82, 2.24) is 10.3 Å². The number of halogens is 1. The maximum absolute atomic E-state index is 11.8. The molecule has 0 aromatic carbocycles. The van der Waals surface area contributed by atoms with E-state index in [-0.39, 0.29) is 11.3 Å². The summed E-state index contributed by atoms with van der Waals surface area (Å²) < 4.78 is 0. The van der Waals surface area contributed by atoms with Gasteiger partial charge in [0.25, 0.3) is 5.91 Å². The lowest BCUT2D eigenvalue weighted by Crippen LogP contribution is -2.40. The fourth-order valence-corrected chi connectivity index (χ4v) is 3.24. The first kappa shape index (κ1) is 12.8. The van der Waals surface area contributed by atoms with Gasteiger partial charge >= 0.3 is 0 Å². The quantitative estimate of drug-likeness (QED) is 0.856. The van der Waals surface area contributed by atoms with Crippen LogP contribution in [0.1, 0.15) is 41.8 Å². The molecule has 94 valence electrons. The van der Waals surface area contributed by atoms with E-state index in [1.165, 1.54) is 30.6 Å². The van der Waals surface area contributed by atoms with Crippen LogP contribution in [-0.2, 0) is 0 Å². The number of carbonyl (C=O) groups is 1. The second-order valence-electron chi connectivity index (χ2n) is 4.74. The zero-order valence-corrected chi connectivity index (χ0v) is 11.3. The summed E-state index contributed by atoms with van der Waals surface area (Å²) in [5.74, 6) is 0.609. The summed E-state index contributed by atoms with van der Waals surface area (Å²) in [6.07, 6.45) is 7.60. The first-order valence-electron chi connectivity index (χ1n) is 5.98. The van der Waals surface area contributed by atoms with Gasteiger partial charge < -0.3 is 5.32 Å². The third kappa shape index (κ3) is 3.19. The monoisotopic (exact) mass is 272 g/mol. The van der Waals surface area contributed by atoms with E-state index >= 15 is 0 Å². The first-order valence-corrected chi connectivity index (χ1v) is 7.40. The number of aromatic nitrogens is 1. The SMILES string of the molecule is O=C(NCC1(CCl)CCCCC1)c1cncs1. The zero-order chi connectivity index (χ0) is 12.1. The minimum absolute atomic E-state index is 0.0254. The summed E-state index contributed by atoms with van der Waals surface area (Å²) in [7, 11) is 0. The lowest BCUT2D eigenvalue weighted by molar-refractivity contribution is 0.0925. The van der Waals surface area contributed by atoms with Crippen molar-refractivity contribution in [1.29, 1.82) is 0 Å². The number of nitrogens with zero attached hydrogens (tertiary/aromatic N) is 1. The predicted molar refractivity (Wildman–Crippen MR) is 70.7 cm³/mol. The summed E-state index contributed by atoms with van der Waals surface area (Å²) in [6.45, 7) is 0.688. The lowest BCUT2D eigenvalue weighted by Gasteiger charge is -2.35. The Balaban J connectivity index is 1.89. The molecule has 3 nitrogen and oxygen atoms in total. The Labute approximate surface area is 111 Å². The molecule has 0 saturated heterocycles. The molecule has 1 N–H and O–H groups in total. The van der Waals surface area contributed by atoms with Gasteiger partial charge in [0.05, 0.1) is 11.7 Å². The molecule has 1 amide bonds. The van der Waals surface area contributed by atoms with Gasteiger partial charge in [0.2, 0.25) is 0 Å². The highest BCUT2D eigenvalue weighted by atomic mass is 35.5. The normalized spacial score (nSPS) is 18.9. The summed E-state index contributed by atoms with van der Waals surface area (Å²) in [4.78, 5) is 16.4. The molecule has 1 aromatic rings. The van der Waals surface area contributed by atoms with Crippen molar-refractivity contribution in [2.24, 2.45) is 5.41 Å². The molecule has 1 aromatic heterocycles. The average molecular weight is 273 g/mol. The third-order valence-electron chi connectivity index (χ3n) is 3.48. The Morgan fingerprint density at radius 1 is 1.47 bits per heavy atom. The molecular formula is C12H17ClN2OS. The maximum Gasteiger partial charge on any atom is 0.263 e. The summed E-state index contributed by atoms with van der Waals surface area (Å²) in [5.41, 5.74) is 1.78. The number of alkyl halides is 1. The van der Waals surface area contributed by atoms with Crippen LogP contribution in [0.15, 0.2) is 11.7 Å². The van der Waals surface area contributed by atoms with Crippen molar-refractivity contribution < 1.29 is 4.79 Å². The van der Waals surface area contributed by atoms with E-state index in [2.05, 4.69) is 10.3 Å². The van der Waals surface area contributed by atoms with E-state index in [9.17, 15) is 4.79 Å². The number of carbonyl (C=O) groups excluding carboxylic acids is 1. The zero-order valence-electron chi connectivity index (χ0n) is 9.75. The third-order valence-corrected chi connectivity index (χ3v) is 4.82. The molecule has 1 fully saturated rings. The van der Waals surface area contributed by atoms with Crippen molar-refractivity contribution >= 4 is 28.8 Å². The van der Waals surface area contributed by atoms with Crippen molar-refractivity contribution in [2.75, 3.05) is 12.4 Å². The fourth-order valence-electron chi connectivity index (χ4n) is 2.34. The van der Waals surface area contributed by atoms with Crippen LogP contribution in [0.2, 0.25) is 0 Å². The molecule has 0 aliphatic heterocycles. The van der Waals surface area contributed by atoms with Crippen molar-refractivity contribution in [3.63, 3.8) is 0 Å². The topological polar surface area (TPSA) is 42.0 Å². The van der Waals surface area contributed by atoms with Gasteiger partial charge in [-0.3, -0.25) is 9.78 Å². The second-order valence-corrected chi connectivity index (χ2v) is 5.90. The molecule has 0 spiro atoms. The largest absolute Gasteiger partial charge is 0.351 e. The molecule has 0 unspecified atom stereocenters. The van der Waals surface area contributed by atoms with Crippen LogP contribution in [0, 0.1) is 5.41 Å². The van der Waals surface area contributed by atoms with Crippen molar-refractivity contribution in [3.05, 3.63) is 16.6 Å². The van der Waals surface area contributed by atoms with Crippen LogP contribution in [0.5, 0.6) is 0 Å². The summed E-state index contributed by atoms with van der Waals surface area (Å²) >= 11 is 7.45. The summed E-state index contributed by atoms with van der Waals surface area (Å²) in [5, 5.41) is 2.99. The molecule has 0 radical (unpaired) electrons. The standard InChI is InChI=1S/C12H17ClN2OS/c13-7-12(4-2-1-3-5-12)8-15-11(16)10-6-14-9-17-10/h6,9H,1-5,7-8H2,(H,15,16). The van der Waals surface area contributed by atoms with E-state index in [1.54, 1.807) is 11.7 Å². The Morgan fingerprint density at radius 2 is 2.24 bits per heavy atom. The van der Waals surface area contributed by atoms with Crippen molar-refractivity contribution in [3.8, 4) is 0 Å². The predicted octanol–water partition coefficient (Wildman–Crippen LogP) is 3.06. The average Bonchev–Trinajstić information content (AvgIpc) is 2.91. The van der Waals surface area contributed by atoms with E-state index in [1.807, 2.05) is 0 Å². The van der Waals surface area contributed by atoms with E-state index in [0.717, 1.165) is 12.8 Å². The van der Waals surface area contributed by atoms with E-state index < -0.39 is 0 Å². The Hall–Kier alpha value is -0.610. The van der Waals surface area contributed by atoms with Gasteiger partial charge in [-0.2, -0.15) is 0 Å². The number of hydrogen-bond acceptors (Lipinski definition) is 3.